The van der Waals surface area contributed by atoms with Crippen molar-refractivity contribution >= 4 is 129 Å². The summed E-state index contributed by atoms with van der Waals surface area (Å²) in [4.78, 5) is 160. The first-order valence-corrected chi connectivity index (χ1v) is 51.3. The number of aromatic nitrogens is 26. The minimum atomic E-state index is -0.163. The normalized spacial score (nSPS) is 11.3. The molecular formula is C107H96N26O8S6. The van der Waals surface area contributed by atoms with Gasteiger partial charge in [0, 0.05) is 215 Å². The number of aryl methyl sites for hydroxylation is 14. The van der Waals surface area contributed by atoms with Gasteiger partial charge in [-0.15, -0.1) is 68.0 Å². The lowest BCUT2D eigenvalue weighted by Gasteiger charge is -2.08. The van der Waals surface area contributed by atoms with Gasteiger partial charge in [0.1, 0.15) is 28.2 Å². The lowest BCUT2D eigenvalue weighted by molar-refractivity contribution is 0.261. The maximum absolute atomic E-state index is 12.6. The van der Waals surface area contributed by atoms with Crippen molar-refractivity contribution in [1.82, 2.24) is 127 Å². The van der Waals surface area contributed by atoms with E-state index in [9.17, 15) is 28.8 Å². The first-order chi connectivity index (χ1) is 70.9. The minimum absolute atomic E-state index is 0.120. The number of ether oxygens (including phenoxy) is 2. The van der Waals surface area contributed by atoms with Crippen molar-refractivity contribution in [3.63, 3.8) is 0 Å². The molecule has 4 aromatic carbocycles. The number of aromatic amines is 6. The largest absolute Gasteiger partial charge is 0.481 e. The second kappa shape index (κ2) is 41.8. The average Bonchev–Trinajstić information content (AvgIpc) is 1.64. The third kappa shape index (κ3) is 20.1. The highest BCUT2D eigenvalue weighted by atomic mass is 32.1. The molecule has 0 fully saturated rings. The molecule has 0 bridgehead atoms. The Morgan fingerprint density at radius 3 is 0.946 bits per heavy atom. The molecule has 40 heteroatoms. The van der Waals surface area contributed by atoms with E-state index in [0.29, 0.717) is 133 Å². The molecule has 0 amide bonds. The van der Waals surface area contributed by atoms with Crippen molar-refractivity contribution in [2.75, 3.05) is 13.7 Å². The molecular weight excluding hydrogens is 1970 g/mol. The van der Waals surface area contributed by atoms with Crippen molar-refractivity contribution in [2.24, 2.45) is 48.2 Å². The monoisotopic (exact) mass is 2060 g/mol. The van der Waals surface area contributed by atoms with Gasteiger partial charge in [0.05, 0.1) is 46.8 Å². The Hall–Kier alpha value is -16.9. The maximum Gasteiger partial charge on any atom is 0.269 e. The number of thiophene rings is 6. The van der Waals surface area contributed by atoms with Gasteiger partial charge in [-0.05, 0) is 101 Å². The molecule has 24 rings (SSSR count). The van der Waals surface area contributed by atoms with Crippen LogP contribution in [-0.2, 0) is 42.3 Å². The van der Waals surface area contributed by atoms with Crippen LogP contribution in [0.1, 0.15) is 54.9 Å². The summed E-state index contributed by atoms with van der Waals surface area (Å²) in [5.74, 6) is 8.25. The van der Waals surface area contributed by atoms with E-state index in [2.05, 4.69) is 152 Å². The van der Waals surface area contributed by atoms with Crippen LogP contribution >= 0.6 is 68.0 Å². The number of hydrogen-bond acceptors (Lipinski definition) is 28. The Balaban J connectivity index is 0.000000111. The van der Waals surface area contributed by atoms with Crippen molar-refractivity contribution in [2.45, 2.75) is 69.2 Å². The van der Waals surface area contributed by atoms with E-state index in [1.165, 1.54) is 84.7 Å². The molecule has 20 heterocycles. The zero-order valence-electron chi connectivity index (χ0n) is 82.7. The Bertz CT molecular complexity index is 9470. The highest BCUT2D eigenvalue weighted by molar-refractivity contribution is 7.21. The van der Waals surface area contributed by atoms with Gasteiger partial charge in [-0.1, -0.05) is 128 Å². The van der Waals surface area contributed by atoms with Crippen molar-refractivity contribution < 1.29 is 9.47 Å². The molecule has 738 valence electrons. The van der Waals surface area contributed by atoms with Crippen LogP contribution in [0.5, 0.6) is 11.8 Å². The fourth-order valence-electron chi connectivity index (χ4n) is 17.1. The molecule has 147 heavy (non-hydrogen) atoms. The van der Waals surface area contributed by atoms with Gasteiger partial charge >= 0.3 is 0 Å². The van der Waals surface area contributed by atoms with E-state index in [1.54, 1.807) is 62.8 Å². The molecule has 0 aliphatic rings. The van der Waals surface area contributed by atoms with Crippen LogP contribution in [0.15, 0.2) is 248 Å². The Morgan fingerprint density at radius 1 is 0.306 bits per heavy atom. The number of rotatable bonds is 16. The summed E-state index contributed by atoms with van der Waals surface area (Å²) in [5.41, 5.74) is 19.0. The molecule has 0 aliphatic carbocycles. The summed E-state index contributed by atoms with van der Waals surface area (Å²) in [6, 6.07) is 42.2. The van der Waals surface area contributed by atoms with E-state index in [-0.39, 0.29) is 33.4 Å². The second-order valence-electron chi connectivity index (χ2n) is 35.1. The van der Waals surface area contributed by atoms with Gasteiger partial charge in [-0.3, -0.25) is 28.8 Å². The number of nitrogens with zero attached hydrogens (tertiary/aromatic N) is 20. The van der Waals surface area contributed by atoms with E-state index in [1.807, 2.05) is 226 Å². The zero-order valence-corrected chi connectivity index (χ0v) is 87.6. The van der Waals surface area contributed by atoms with Crippen molar-refractivity contribution in [3.8, 4) is 148 Å². The lowest BCUT2D eigenvalue weighted by atomic mass is 10.0. The third-order valence-corrected chi connectivity index (χ3v) is 30.6. The second-order valence-corrected chi connectivity index (χ2v) is 42.1. The molecule has 6 N–H and O–H groups in total. The molecule has 0 aliphatic heterocycles. The molecule has 20 aromatic heterocycles. The number of H-pyrrole nitrogens is 6. The van der Waals surface area contributed by atoms with E-state index >= 15 is 0 Å². The highest BCUT2D eigenvalue weighted by Crippen LogP contribution is 2.44. The van der Waals surface area contributed by atoms with Gasteiger partial charge < -0.3 is 66.8 Å². The Morgan fingerprint density at radius 2 is 0.612 bits per heavy atom. The fourth-order valence-corrected chi connectivity index (χ4v) is 23.0. The van der Waals surface area contributed by atoms with Crippen LogP contribution in [0.2, 0.25) is 0 Å². The standard InChI is InChI=1S/C20H21N5O2S.2C18H16N4OS.C17H15N5O2S.2C17H14N4OS/c1-11(2)10-27-14-6-5-13(9-22-14)15-12(3)28-17-16(15)23-18(24-20(17)26)19-21-7-8-25(19)4;1-10-5-4-6-12(9-10)13-11(2)24-15-14(13)20-16(21-18(15)23)17-19-7-8-22(17)3;1-10-6-4-5-7-12(10)13-11(2)24-15-14(13)20-16(21-18(15)23)17-19-8-9-22(17)3;1-9-12(10-4-5-11(24-3)19-8-10)13-14(25-9)17(23)21-15(20-13)16-18-6-7-22(16)2;1-10-4-3-5-11(8-10)12-9-23-14-13(12)19-15(20-17(14)22)16-18-6-7-21(16)2;1-10-12(11-6-4-3-5-7-11)13-14(23-10)17(22)20-15(19-13)16-18-8-9-21(16)2/h5-9,11H,10H2,1-4H3,(H,23,24,26);2*4-9H,1-3H3,(H,20,21,23);4-8H,1-3H3,(H,20,21,23);2*3-9H,1-2H3,(H,19,20,22). The average molecular weight is 2070 g/mol. The maximum atomic E-state index is 12.6. The van der Waals surface area contributed by atoms with Crippen LogP contribution < -0.4 is 42.8 Å². The third-order valence-electron chi connectivity index (χ3n) is 24.2. The van der Waals surface area contributed by atoms with E-state index < -0.39 is 0 Å². The van der Waals surface area contributed by atoms with Gasteiger partial charge in [0.15, 0.2) is 69.9 Å². The SMILES string of the molecule is COc1ccc(-c2c(C)sc3c(=O)[nH]c(-c4nccn4C)nc23)cn1.Cc1cccc(-c2c(C)sc3c(=O)[nH]c(-c4nccn4C)nc23)c1.Cc1cccc(-c2csc3c(=O)[nH]c(-c4nccn4C)nc23)c1.Cc1ccccc1-c1c(C)sc2c(=O)[nH]c(-c3nccn3C)nc12.Cc1sc2c(=O)[nH]c(-c3nccn3C)nc2c1-c1ccc(OCC(C)C)nc1.Cc1sc2c(=O)[nH]c(-c3nccn3C)nc2c1-c1ccccc1. The van der Waals surface area contributed by atoms with Crippen LogP contribution in [0.25, 0.3) is 198 Å². The van der Waals surface area contributed by atoms with Crippen LogP contribution in [0.3, 0.4) is 0 Å². The summed E-state index contributed by atoms with van der Waals surface area (Å²) in [7, 11) is 12.8. The molecule has 0 unspecified atom stereocenters. The number of imidazole rings is 6. The highest BCUT2D eigenvalue weighted by Gasteiger charge is 2.27. The predicted molar refractivity (Wildman–Crippen MR) is 588 cm³/mol. The van der Waals surface area contributed by atoms with Crippen LogP contribution in [0.4, 0.5) is 0 Å². The van der Waals surface area contributed by atoms with Gasteiger partial charge in [-0.2, -0.15) is 0 Å². The van der Waals surface area contributed by atoms with Gasteiger partial charge in [-0.25, -0.2) is 69.8 Å². The first-order valence-electron chi connectivity index (χ1n) is 46.3. The van der Waals surface area contributed by atoms with Gasteiger partial charge in [0.2, 0.25) is 11.8 Å². The topological polar surface area (TPSA) is 426 Å². The minimum Gasteiger partial charge on any atom is -0.481 e. The number of benzene rings is 4. The molecule has 0 radical (unpaired) electrons. The number of pyridine rings is 2. The number of hydrogen-bond donors (Lipinski definition) is 6. The number of fused-ring (bicyclic) bond motifs is 6. The zero-order chi connectivity index (χ0) is 103. The van der Waals surface area contributed by atoms with E-state index in [4.69, 9.17) is 34.4 Å². The molecule has 0 saturated carbocycles. The number of nitrogens with one attached hydrogen (secondary N) is 6. The smallest absolute Gasteiger partial charge is 0.269 e. The Labute approximate surface area is 861 Å². The summed E-state index contributed by atoms with van der Waals surface area (Å²) >= 11 is 8.73. The molecule has 0 saturated heterocycles. The predicted octanol–water partition coefficient (Wildman–Crippen LogP) is 20.6. The summed E-state index contributed by atoms with van der Waals surface area (Å²) < 4.78 is 25.6. The lowest BCUT2D eigenvalue weighted by Crippen LogP contribution is -2.09. The summed E-state index contributed by atoms with van der Waals surface area (Å²) in [6.45, 7) is 21.1. The van der Waals surface area contributed by atoms with Crippen molar-refractivity contribution in [3.05, 3.63) is 323 Å². The summed E-state index contributed by atoms with van der Waals surface area (Å²) in [5, 5.41) is 1.99. The number of methoxy groups -OCH3 is 1. The van der Waals surface area contributed by atoms with Crippen LogP contribution in [0, 0.1) is 61.3 Å². The van der Waals surface area contributed by atoms with Crippen LogP contribution in [-0.4, -0.2) is 141 Å². The fraction of sp³-hybridized carbons (Fsp3) is 0.178. The van der Waals surface area contributed by atoms with Gasteiger partial charge in [0.25, 0.3) is 33.4 Å². The Kier molecular flexibility index (Phi) is 28.1. The van der Waals surface area contributed by atoms with Crippen molar-refractivity contribution in [1.29, 1.82) is 0 Å². The molecule has 34 nitrogen and oxygen atoms in total. The molecule has 24 aromatic rings. The summed E-state index contributed by atoms with van der Waals surface area (Å²) in [6.07, 6.45) is 24.6. The van der Waals surface area contributed by atoms with E-state index in [0.717, 1.165) is 113 Å². The first kappa shape index (κ1) is 98.8. The quantitative estimate of drug-likeness (QED) is 0.0523. The molecule has 0 atom stereocenters. The molecule has 0 spiro atoms.